The summed E-state index contributed by atoms with van der Waals surface area (Å²) in [5.41, 5.74) is 0.820. The number of halogens is 3. The summed E-state index contributed by atoms with van der Waals surface area (Å²) in [6.45, 7) is 1.79. The van der Waals surface area contributed by atoms with Gasteiger partial charge in [-0.2, -0.15) is 18.3 Å². The van der Waals surface area contributed by atoms with Crippen molar-refractivity contribution in [2.45, 2.75) is 102 Å². The Morgan fingerprint density at radius 1 is 1.16 bits per heavy atom. The Labute approximate surface area is 187 Å². The summed E-state index contributed by atoms with van der Waals surface area (Å²) >= 11 is 0. The number of hydrogen-bond donors (Lipinski definition) is 1. The minimum absolute atomic E-state index is 0.0888. The number of Topliss-reactive ketones (excluding diaryl/α,β-unsaturated/α-hetero) is 1. The monoisotopic (exact) mass is 450 g/mol. The molecule has 176 valence electrons. The van der Waals surface area contributed by atoms with E-state index in [1.807, 2.05) is 0 Å². The molecule has 0 spiro atoms. The van der Waals surface area contributed by atoms with Gasteiger partial charge in [0.15, 0.2) is 0 Å². The molecule has 0 aliphatic heterocycles. The van der Waals surface area contributed by atoms with Crippen LogP contribution in [0.2, 0.25) is 0 Å². The van der Waals surface area contributed by atoms with Crippen molar-refractivity contribution in [1.29, 1.82) is 0 Å². The van der Waals surface area contributed by atoms with Gasteiger partial charge >= 0.3 is 6.18 Å². The molecule has 1 unspecified atom stereocenters. The maximum atomic E-state index is 13.2. The number of rotatable bonds is 9. The molecule has 4 nitrogen and oxygen atoms in total. The molecule has 1 atom stereocenters. The number of carbonyl (C=O) groups excluding carboxylic acids is 1. The minimum Gasteiger partial charge on any atom is -0.389 e. The number of aryl methyl sites for hydroxylation is 1. The number of pyridine rings is 1. The Balaban J connectivity index is 1.38. The average molecular weight is 451 g/mol. The van der Waals surface area contributed by atoms with Gasteiger partial charge < -0.3 is 5.11 Å². The van der Waals surface area contributed by atoms with Crippen molar-refractivity contribution in [2.24, 2.45) is 5.92 Å². The first-order chi connectivity index (χ1) is 15.1. The molecule has 2 aliphatic carbocycles. The first-order valence-corrected chi connectivity index (χ1v) is 12.0. The van der Waals surface area contributed by atoms with Crippen molar-refractivity contribution >= 4 is 11.3 Å². The third-order valence-corrected chi connectivity index (χ3v) is 7.50. The third kappa shape index (κ3) is 5.03. The molecule has 2 heterocycles. The summed E-state index contributed by atoms with van der Waals surface area (Å²) in [6, 6.07) is 2.29. The predicted molar refractivity (Wildman–Crippen MR) is 117 cm³/mol. The molecular formula is C25H33F3N2O2. The van der Waals surface area contributed by atoms with E-state index in [2.05, 4.69) is 5.10 Å². The number of alkyl halides is 3. The second kappa shape index (κ2) is 9.16. The zero-order valence-electron chi connectivity index (χ0n) is 18.8. The first-order valence-electron chi connectivity index (χ1n) is 12.0. The number of fused-ring (bicyclic) bond motifs is 1. The minimum atomic E-state index is -4.37. The molecule has 2 saturated carbocycles. The van der Waals surface area contributed by atoms with E-state index in [4.69, 9.17) is 0 Å². The maximum Gasteiger partial charge on any atom is 0.416 e. The molecule has 0 bridgehead atoms. The molecule has 4 rings (SSSR count). The summed E-state index contributed by atoms with van der Waals surface area (Å²) < 4.78 is 41.2. The molecule has 0 radical (unpaired) electrons. The van der Waals surface area contributed by atoms with Crippen LogP contribution in [0.25, 0.3) is 5.52 Å². The van der Waals surface area contributed by atoms with E-state index in [9.17, 15) is 23.1 Å². The largest absolute Gasteiger partial charge is 0.416 e. The summed E-state index contributed by atoms with van der Waals surface area (Å²) in [7, 11) is 0. The lowest BCUT2D eigenvalue weighted by Gasteiger charge is -2.29. The van der Waals surface area contributed by atoms with E-state index in [1.54, 1.807) is 11.4 Å². The van der Waals surface area contributed by atoms with Crippen LogP contribution >= 0.6 is 0 Å². The molecule has 0 saturated heterocycles. The Morgan fingerprint density at radius 3 is 2.50 bits per heavy atom. The van der Waals surface area contributed by atoms with Gasteiger partial charge in [-0.05, 0) is 75.8 Å². The highest BCUT2D eigenvalue weighted by Gasteiger charge is 2.36. The molecule has 0 amide bonds. The number of aromatic nitrogens is 2. The van der Waals surface area contributed by atoms with Crippen LogP contribution in [0.15, 0.2) is 18.3 Å². The topological polar surface area (TPSA) is 54.6 Å². The van der Waals surface area contributed by atoms with Gasteiger partial charge in [-0.25, -0.2) is 4.52 Å². The number of hydrogen-bond acceptors (Lipinski definition) is 3. The molecule has 0 aromatic carbocycles. The van der Waals surface area contributed by atoms with Crippen LogP contribution in [0.1, 0.15) is 100 Å². The van der Waals surface area contributed by atoms with Crippen LogP contribution in [-0.4, -0.2) is 26.1 Å². The van der Waals surface area contributed by atoms with Crippen molar-refractivity contribution in [3.05, 3.63) is 35.2 Å². The summed E-state index contributed by atoms with van der Waals surface area (Å²) in [6.07, 6.45) is 7.08. The summed E-state index contributed by atoms with van der Waals surface area (Å²) in [4.78, 5) is 12.4. The lowest BCUT2D eigenvalue weighted by Crippen LogP contribution is -2.35. The highest BCUT2D eigenvalue weighted by molar-refractivity contribution is 5.79. The fourth-order valence-electron chi connectivity index (χ4n) is 5.41. The first kappa shape index (κ1) is 23.3. The van der Waals surface area contributed by atoms with Gasteiger partial charge in [-0.3, -0.25) is 4.79 Å². The fraction of sp³-hybridized carbons (Fsp3) is 0.680. The molecule has 7 heteroatoms. The lowest BCUT2D eigenvalue weighted by atomic mass is 9.78. The van der Waals surface area contributed by atoms with Crippen LogP contribution in [0, 0.1) is 5.92 Å². The standard InChI is InChI=1S/C25H33F3N2O2/c1-24(32,18-9-2-3-10-18)16-20(31)11-4-5-12-21-23(17-7-6-8-17)22-15-19(25(26,27)28)13-14-30(22)29-21/h13-15,17-18,32H,2-12,16H2,1H3. The molecule has 2 fully saturated rings. The van der Waals surface area contributed by atoms with E-state index in [0.717, 1.165) is 68.7 Å². The lowest BCUT2D eigenvalue weighted by molar-refractivity contribution is -0.137. The second-order valence-electron chi connectivity index (χ2n) is 9.99. The third-order valence-electron chi connectivity index (χ3n) is 7.50. The normalized spacial score (nSPS) is 19.9. The predicted octanol–water partition coefficient (Wildman–Crippen LogP) is 6.23. The number of carbonyl (C=O) groups is 1. The van der Waals surface area contributed by atoms with Gasteiger partial charge in [0, 0.05) is 24.6 Å². The van der Waals surface area contributed by atoms with Crippen molar-refractivity contribution in [1.82, 2.24) is 9.61 Å². The molecule has 1 N–H and O–H groups in total. The van der Waals surface area contributed by atoms with Crippen LogP contribution in [0.3, 0.4) is 0 Å². The zero-order chi connectivity index (χ0) is 22.9. The smallest absolute Gasteiger partial charge is 0.389 e. The summed E-state index contributed by atoms with van der Waals surface area (Å²) in [5, 5.41) is 15.3. The van der Waals surface area contributed by atoms with Gasteiger partial charge in [0.05, 0.1) is 22.4 Å². The number of ketones is 1. The second-order valence-corrected chi connectivity index (χ2v) is 9.99. The molecule has 2 aliphatic rings. The van der Waals surface area contributed by atoms with Gasteiger partial charge in [0.2, 0.25) is 0 Å². The van der Waals surface area contributed by atoms with E-state index in [-0.39, 0.29) is 24.0 Å². The van der Waals surface area contributed by atoms with Crippen LogP contribution in [0.5, 0.6) is 0 Å². The zero-order valence-corrected chi connectivity index (χ0v) is 18.8. The number of aliphatic hydroxyl groups is 1. The van der Waals surface area contributed by atoms with Crippen molar-refractivity contribution in [3.8, 4) is 0 Å². The van der Waals surface area contributed by atoms with Gasteiger partial charge in [-0.1, -0.05) is 19.3 Å². The molecule has 32 heavy (non-hydrogen) atoms. The fourth-order valence-corrected chi connectivity index (χ4v) is 5.41. The number of unbranched alkanes of at least 4 members (excludes halogenated alkanes) is 1. The van der Waals surface area contributed by atoms with E-state index in [1.165, 1.54) is 12.3 Å². The van der Waals surface area contributed by atoms with E-state index in [0.29, 0.717) is 24.8 Å². The van der Waals surface area contributed by atoms with Crippen LogP contribution in [0.4, 0.5) is 13.2 Å². The van der Waals surface area contributed by atoms with Crippen molar-refractivity contribution in [3.63, 3.8) is 0 Å². The van der Waals surface area contributed by atoms with E-state index >= 15 is 0 Å². The van der Waals surface area contributed by atoms with Gasteiger partial charge in [0.25, 0.3) is 0 Å². The van der Waals surface area contributed by atoms with Crippen molar-refractivity contribution in [2.75, 3.05) is 0 Å². The molecular weight excluding hydrogens is 417 g/mol. The average Bonchev–Trinajstić information content (AvgIpc) is 3.32. The van der Waals surface area contributed by atoms with Crippen LogP contribution in [-0.2, 0) is 17.4 Å². The van der Waals surface area contributed by atoms with Crippen molar-refractivity contribution < 1.29 is 23.1 Å². The van der Waals surface area contributed by atoms with Gasteiger partial charge in [0.1, 0.15) is 5.78 Å². The Kier molecular flexibility index (Phi) is 6.66. The van der Waals surface area contributed by atoms with Crippen LogP contribution < -0.4 is 0 Å². The quantitative estimate of drug-likeness (QED) is 0.461. The van der Waals surface area contributed by atoms with E-state index < -0.39 is 17.3 Å². The maximum absolute atomic E-state index is 13.2. The highest BCUT2D eigenvalue weighted by Crippen LogP contribution is 2.42. The molecule has 2 aromatic heterocycles. The Hall–Kier alpha value is -1.89. The highest BCUT2D eigenvalue weighted by atomic mass is 19.4. The Morgan fingerprint density at radius 2 is 1.88 bits per heavy atom. The number of nitrogens with zero attached hydrogens (tertiary/aromatic N) is 2. The molecule has 2 aromatic rings. The summed E-state index contributed by atoms with van der Waals surface area (Å²) in [5.74, 6) is 0.580. The van der Waals surface area contributed by atoms with Gasteiger partial charge in [-0.15, -0.1) is 0 Å². The SMILES string of the molecule is CC(O)(CC(=O)CCCCc1nn2ccc(C(F)(F)F)cc2c1C1CCC1)C1CCCC1. The Bertz CT molecular complexity index is 954.